The van der Waals surface area contributed by atoms with Crippen LogP contribution in [0.25, 0.3) is 0 Å². The molecule has 2 fully saturated rings. The SMILES string of the molecule is Cc1c(CCc2ccc(C(C)(C)C)cc2)ncnc1C(=O)N1CCC(N2CCC(c3ccncc3)CC2)CC1. The number of rotatable bonds is 6. The predicted octanol–water partition coefficient (Wildman–Crippen LogP) is 5.75. The maximum Gasteiger partial charge on any atom is 0.272 e. The zero-order valence-electron chi connectivity index (χ0n) is 24.1. The summed E-state index contributed by atoms with van der Waals surface area (Å²) in [6.45, 7) is 12.6. The maximum absolute atomic E-state index is 13.5. The molecule has 3 aromatic rings. The highest BCUT2D eigenvalue weighted by Crippen LogP contribution is 2.30. The Labute approximate surface area is 233 Å². The summed E-state index contributed by atoms with van der Waals surface area (Å²) in [6.07, 6.45) is 11.6. The van der Waals surface area contributed by atoms with Gasteiger partial charge in [-0.15, -0.1) is 0 Å². The van der Waals surface area contributed by atoms with Crippen LogP contribution < -0.4 is 0 Å². The molecule has 2 saturated heterocycles. The van der Waals surface area contributed by atoms with Gasteiger partial charge in [-0.3, -0.25) is 9.78 Å². The largest absolute Gasteiger partial charge is 0.337 e. The van der Waals surface area contributed by atoms with E-state index < -0.39 is 0 Å². The molecular formula is C33H43N5O. The van der Waals surface area contributed by atoms with Crippen molar-refractivity contribution < 1.29 is 4.79 Å². The summed E-state index contributed by atoms with van der Waals surface area (Å²) in [7, 11) is 0. The quantitative estimate of drug-likeness (QED) is 0.410. The van der Waals surface area contributed by atoms with Gasteiger partial charge in [-0.2, -0.15) is 0 Å². The van der Waals surface area contributed by atoms with Crippen LogP contribution in [0.4, 0.5) is 0 Å². The highest BCUT2D eigenvalue weighted by atomic mass is 16.2. The predicted molar refractivity (Wildman–Crippen MR) is 156 cm³/mol. The van der Waals surface area contributed by atoms with E-state index in [1.165, 1.54) is 29.5 Å². The number of piperidine rings is 2. The molecule has 2 aromatic heterocycles. The third-order valence-electron chi connectivity index (χ3n) is 8.84. The highest BCUT2D eigenvalue weighted by molar-refractivity contribution is 5.93. The fourth-order valence-corrected chi connectivity index (χ4v) is 6.21. The summed E-state index contributed by atoms with van der Waals surface area (Å²) in [5, 5.41) is 0. The van der Waals surface area contributed by atoms with E-state index in [-0.39, 0.29) is 11.3 Å². The van der Waals surface area contributed by atoms with Crippen LogP contribution in [0.2, 0.25) is 0 Å². The number of pyridine rings is 1. The van der Waals surface area contributed by atoms with E-state index >= 15 is 0 Å². The Morgan fingerprint density at radius 3 is 2.18 bits per heavy atom. The lowest BCUT2D eigenvalue weighted by Gasteiger charge is -2.42. The molecule has 4 heterocycles. The standard InChI is InChI=1S/C33H43N5O/c1-24-30(10-7-25-5-8-28(9-6-25)33(2,3)4)35-23-36-31(24)32(39)38-21-15-29(16-22-38)37-19-13-27(14-20-37)26-11-17-34-18-12-26/h5-6,8-9,11-12,17-18,23,27,29H,7,10,13-16,19-22H2,1-4H3. The van der Waals surface area contributed by atoms with Gasteiger partial charge >= 0.3 is 0 Å². The van der Waals surface area contributed by atoms with Crippen molar-refractivity contribution in [2.24, 2.45) is 0 Å². The van der Waals surface area contributed by atoms with Crippen molar-refractivity contribution in [2.75, 3.05) is 26.2 Å². The van der Waals surface area contributed by atoms with Gasteiger partial charge in [0.1, 0.15) is 12.0 Å². The number of hydrogen-bond acceptors (Lipinski definition) is 5. The number of hydrogen-bond donors (Lipinski definition) is 0. The summed E-state index contributed by atoms with van der Waals surface area (Å²) >= 11 is 0. The fraction of sp³-hybridized carbons (Fsp3) is 0.515. The maximum atomic E-state index is 13.5. The van der Waals surface area contributed by atoms with Crippen molar-refractivity contribution in [3.63, 3.8) is 0 Å². The summed E-state index contributed by atoms with van der Waals surface area (Å²) in [5.41, 5.74) is 6.68. The highest BCUT2D eigenvalue weighted by Gasteiger charge is 2.31. The van der Waals surface area contributed by atoms with Gasteiger partial charge in [-0.05, 0) is 98.7 Å². The Bertz CT molecular complexity index is 1240. The number of nitrogens with zero attached hydrogens (tertiary/aromatic N) is 5. The molecule has 0 spiro atoms. The van der Waals surface area contributed by atoms with Crippen LogP contribution in [0.15, 0.2) is 55.1 Å². The van der Waals surface area contributed by atoms with E-state index in [1.54, 1.807) is 6.33 Å². The summed E-state index contributed by atoms with van der Waals surface area (Å²) in [5.74, 6) is 0.698. The zero-order chi connectivity index (χ0) is 27.4. The molecule has 6 heteroatoms. The van der Waals surface area contributed by atoms with Crippen LogP contribution in [0.5, 0.6) is 0 Å². The molecule has 0 unspecified atom stereocenters. The number of benzene rings is 1. The van der Waals surface area contributed by atoms with Gasteiger partial charge in [0.2, 0.25) is 0 Å². The monoisotopic (exact) mass is 525 g/mol. The van der Waals surface area contributed by atoms with E-state index in [0.717, 1.165) is 63.1 Å². The van der Waals surface area contributed by atoms with Gasteiger partial charge in [-0.25, -0.2) is 9.97 Å². The van der Waals surface area contributed by atoms with Crippen LogP contribution in [0.1, 0.15) is 90.8 Å². The van der Waals surface area contributed by atoms with Gasteiger partial charge in [0, 0.05) is 42.8 Å². The molecule has 0 aliphatic carbocycles. The molecule has 0 bridgehead atoms. The third-order valence-corrected chi connectivity index (χ3v) is 8.84. The fourth-order valence-electron chi connectivity index (χ4n) is 6.21. The van der Waals surface area contributed by atoms with Crippen LogP contribution in [0, 0.1) is 6.92 Å². The number of aryl methyl sites for hydroxylation is 2. The van der Waals surface area contributed by atoms with Gasteiger partial charge in [0.25, 0.3) is 5.91 Å². The molecule has 2 aliphatic heterocycles. The molecule has 1 aromatic carbocycles. The second kappa shape index (κ2) is 12.0. The normalized spacial score (nSPS) is 17.9. The van der Waals surface area contributed by atoms with Gasteiger partial charge in [-0.1, -0.05) is 45.0 Å². The van der Waals surface area contributed by atoms with E-state index in [9.17, 15) is 4.79 Å². The van der Waals surface area contributed by atoms with Crippen molar-refractivity contribution >= 4 is 5.91 Å². The Kier molecular flexibility index (Phi) is 8.41. The number of carbonyl (C=O) groups is 1. The van der Waals surface area contributed by atoms with Crippen molar-refractivity contribution in [3.8, 4) is 0 Å². The number of likely N-dealkylation sites (tertiary alicyclic amines) is 2. The third kappa shape index (κ3) is 6.55. The van der Waals surface area contributed by atoms with E-state index in [2.05, 4.69) is 77.0 Å². The summed E-state index contributed by atoms with van der Waals surface area (Å²) in [6, 6.07) is 13.8. The van der Waals surface area contributed by atoms with E-state index in [1.807, 2.05) is 24.2 Å². The van der Waals surface area contributed by atoms with Crippen LogP contribution in [0.3, 0.4) is 0 Å². The Morgan fingerprint density at radius 2 is 1.54 bits per heavy atom. The zero-order valence-corrected chi connectivity index (χ0v) is 24.1. The first kappa shape index (κ1) is 27.4. The second-order valence-corrected chi connectivity index (χ2v) is 12.4. The second-order valence-electron chi connectivity index (χ2n) is 12.4. The van der Waals surface area contributed by atoms with Gasteiger partial charge in [0.15, 0.2) is 0 Å². The van der Waals surface area contributed by atoms with Gasteiger partial charge in [0.05, 0.1) is 0 Å². The Hall–Kier alpha value is -3.12. The average Bonchev–Trinajstić information content (AvgIpc) is 2.97. The molecule has 206 valence electrons. The average molecular weight is 526 g/mol. The first-order chi connectivity index (χ1) is 18.8. The topological polar surface area (TPSA) is 62.2 Å². The molecule has 2 aliphatic rings. The molecule has 0 radical (unpaired) electrons. The van der Waals surface area contributed by atoms with Crippen LogP contribution in [-0.2, 0) is 18.3 Å². The Morgan fingerprint density at radius 1 is 0.872 bits per heavy atom. The van der Waals surface area contributed by atoms with Crippen molar-refractivity contribution in [3.05, 3.63) is 88.8 Å². The first-order valence-corrected chi connectivity index (χ1v) is 14.6. The van der Waals surface area contributed by atoms with Crippen LogP contribution in [-0.4, -0.2) is 62.9 Å². The van der Waals surface area contributed by atoms with Gasteiger partial charge < -0.3 is 9.80 Å². The molecule has 5 rings (SSSR count). The Balaban J connectivity index is 1.13. The number of carbonyl (C=O) groups excluding carboxylic acids is 1. The molecule has 39 heavy (non-hydrogen) atoms. The number of aromatic nitrogens is 3. The van der Waals surface area contributed by atoms with Crippen LogP contribution >= 0.6 is 0 Å². The number of amides is 1. The van der Waals surface area contributed by atoms with Crippen molar-refractivity contribution in [1.29, 1.82) is 0 Å². The minimum absolute atomic E-state index is 0.0560. The smallest absolute Gasteiger partial charge is 0.272 e. The molecule has 0 atom stereocenters. The van der Waals surface area contributed by atoms with Crippen molar-refractivity contribution in [2.45, 2.75) is 83.6 Å². The lowest BCUT2D eigenvalue weighted by Crippen LogP contribution is -2.49. The molecule has 1 amide bonds. The molecule has 0 N–H and O–H groups in total. The molecule has 0 saturated carbocycles. The lowest BCUT2D eigenvalue weighted by molar-refractivity contribution is 0.0572. The first-order valence-electron chi connectivity index (χ1n) is 14.6. The summed E-state index contributed by atoms with van der Waals surface area (Å²) in [4.78, 5) is 31.3. The molecule has 6 nitrogen and oxygen atoms in total. The van der Waals surface area contributed by atoms with Crippen molar-refractivity contribution in [1.82, 2.24) is 24.8 Å². The minimum Gasteiger partial charge on any atom is -0.337 e. The lowest BCUT2D eigenvalue weighted by atomic mass is 9.86. The molecular weight excluding hydrogens is 482 g/mol. The van der Waals surface area contributed by atoms with E-state index in [0.29, 0.717) is 17.7 Å². The summed E-state index contributed by atoms with van der Waals surface area (Å²) < 4.78 is 0. The minimum atomic E-state index is 0.0560. The van der Waals surface area contributed by atoms with E-state index in [4.69, 9.17) is 0 Å².